The number of benzene rings is 3. The van der Waals surface area contributed by atoms with Crippen LogP contribution in [0, 0.1) is 0 Å². The average Bonchev–Trinajstić information content (AvgIpc) is 3.37. The van der Waals surface area contributed by atoms with Gasteiger partial charge in [0.2, 0.25) is 0 Å². The second-order valence-corrected chi connectivity index (χ2v) is 27.2. The molecule has 5 heteroatoms. The van der Waals surface area contributed by atoms with E-state index in [1.165, 1.54) is 50.1 Å². The van der Waals surface area contributed by atoms with Crippen molar-refractivity contribution in [3.63, 3.8) is 0 Å². The van der Waals surface area contributed by atoms with Crippen LogP contribution in [0.1, 0.15) is 191 Å². The van der Waals surface area contributed by atoms with Gasteiger partial charge in [-0.05, 0) is 0 Å². The molecule has 1 aliphatic carbocycles. The van der Waals surface area contributed by atoms with Crippen molar-refractivity contribution < 1.29 is 57.7 Å². The quantitative estimate of drug-likeness (QED) is 0.251. The number of rotatable bonds is 7. The van der Waals surface area contributed by atoms with Crippen LogP contribution in [0.4, 0.5) is 0 Å². The third kappa shape index (κ3) is 11.4. The van der Waals surface area contributed by atoms with Crippen LogP contribution < -0.4 is 52.8 Å². The van der Waals surface area contributed by atoms with E-state index >= 15 is 0 Å². The van der Waals surface area contributed by atoms with E-state index in [0.717, 1.165) is 12.8 Å². The Kier molecular flexibility index (Phi) is 17.3. The van der Waals surface area contributed by atoms with Crippen molar-refractivity contribution >= 4 is 23.6 Å². The smallest absolute Gasteiger partial charge is 1.00 e. The molecule has 0 heterocycles. The van der Waals surface area contributed by atoms with Crippen LogP contribution in [0.15, 0.2) is 75.3 Å². The number of hydrogen-bond donors (Lipinski definition) is 0. The molecule has 3 aromatic rings. The summed E-state index contributed by atoms with van der Waals surface area (Å²) < 4.78 is 1.50. The summed E-state index contributed by atoms with van der Waals surface area (Å²) in [7, 11) is -2.98. The minimum absolute atomic E-state index is 0. The van der Waals surface area contributed by atoms with E-state index in [-0.39, 0.29) is 69.7 Å². The zero-order chi connectivity index (χ0) is 40.3. The zero-order valence-corrected chi connectivity index (χ0v) is 43.6. The van der Waals surface area contributed by atoms with E-state index in [0.29, 0.717) is 0 Å². The molecule has 0 unspecified atom stereocenters. The van der Waals surface area contributed by atoms with Crippen LogP contribution >= 0.6 is 0 Å². The SMILES string of the molecule is CCCCC1=C([Si](c2cc(C(C)(C)C)cc(C(C)(C)C)c2)(c2cc(C(C)(C)C)cc(C(C)(C)C)c2)c2cc(C(C)(C)C)cc(C(C)(C)C)c2)CC=[C]1[Ti+3].[Cl-].[Cl-].[Cl-]. The first-order valence-corrected chi connectivity index (χ1v) is 23.3. The summed E-state index contributed by atoms with van der Waals surface area (Å²) in [5.41, 5.74) is 10.3. The first kappa shape index (κ1) is 53.0. The number of unbranched alkanes of at least 4 members (excludes halogenated alkanes) is 1. The van der Waals surface area contributed by atoms with E-state index in [1.54, 1.807) is 26.3 Å². The molecule has 4 rings (SSSR count). The van der Waals surface area contributed by atoms with Gasteiger partial charge in [-0.25, -0.2) is 0 Å². The van der Waals surface area contributed by atoms with Gasteiger partial charge in [-0.15, -0.1) is 0 Å². The number of halogens is 3. The Morgan fingerprint density at radius 2 is 0.696 bits per heavy atom. The third-order valence-electron chi connectivity index (χ3n) is 11.7. The van der Waals surface area contributed by atoms with Gasteiger partial charge in [-0.1, -0.05) is 0 Å². The molecule has 0 radical (unpaired) electrons. The molecule has 1 aliphatic rings. The van der Waals surface area contributed by atoms with Crippen molar-refractivity contribution in [1.29, 1.82) is 0 Å². The monoisotopic (exact) mass is 868 g/mol. The Morgan fingerprint density at radius 3 is 0.911 bits per heavy atom. The fourth-order valence-corrected chi connectivity index (χ4v) is 14.0. The van der Waals surface area contributed by atoms with Gasteiger partial charge in [0.25, 0.3) is 0 Å². The van der Waals surface area contributed by atoms with Crippen molar-refractivity contribution in [3.8, 4) is 0 Å². The Labute approximate surface area is 377 Å². The van der Waals surface area contributed by atoms with Crippen molar-refractivity contribution in [2.75, 3.05) is 0 Å². The first-order valence-electron chi connectivity index (χ1n) is 20.6. The molecule has 0 spiro atoms. The molecule has 0 saturated heterocycles. The van der Waals surface area contributed by atoms with E-state index in [9.17, 15) is 0 Å². The fraction of sp³-hybridized carbons (Fsp3) is 0.569. The molecule has 0 saturated carbocycles. The van der Waals surface area contributed by atoms with Gasteiger partial charge in [0.05, 0.1) is 0 Å². The molecule has 0 atom stereocenters. The summed E-state index contributed by atoms with van der Waals surface area (Å²) in [6.45, 7) is 45.7. The second-order valence-electron chi connectivity index (χ2n) is 22.5. The largest absolute Gasteiger partial charge is 1.00 e. The number of allylic oxidation sites excluding steroid dienone is 4. The second kappa shape index (κ2) is 18.3. The minimum atomic E-state index is -2.98. The average molecular weight is 870 g/mol. The van der Waals surface area contributed by atoms with Crippen LogP contribution in [0.25, 0.3) is 0 Å². The predicted octanol–water partition coefficient (Wildman–Crippen LogP) is 3.81. The summed E-state index contributed by atoms with van der Waals surface area (Å²) in [5, 5.41) is 6.38. The van der Waals surface area contributed by atoms with Crippen LogP contribution in [-0.2, 0) is 52.9 Å². The molecule has 0 bridgehead atoms. The Morgan fingerprint density at radius 1 is 0.446 bits per heavy atom. The summed E-state index contributed by atoms with van der Waals surface area (Å²) in [4.78, 5) is 0. The minimum Gasteiger partial charge on any atom is -1.00 e. The van der Waals surface area contributed by atoms with E-state index in [2.05, 4.69) is 213 Å². The topological polar surface area (TPSA) is 0 Å². The summed E-state index contributed by atoms with van der Waals surface area (Å²) in [6.07, 6.45) is 7.17. The zero-order valence-electron chi connectivity index (χ0n) is 38.7. The van der Waals surface area contributed by atoms with Crippen LogP contribution in [-0.4, -0.2) is 8.07 Å². The van der Waals surface area contributed by atoms with Gasteiger partial charge < -0.3 is 37.2 Å². The summed E-state index contributed by atoms with van der Waals surface area (Å²) >= 11 is 2.40. The molecular weight excluding hydrogens is 795 g/mol. The van der Waals surface area contributed by atoms with Crippen molar-refractivity contribution in [2.24, 2.45) is 0 Å². The molecule has 56 heavy (non-hydrogen) atoms. The molecule has 0 nitrogen and oxygen atoms in total. The van der Waals surface area contributed by atoms with Gasteiger partial charge in [0.15, 0.2) is 0 Å². The summed E-state index contributed by atoms with van der Waals surface area (Å²) in [6, 6.07) is 23.7. The molecule has 0 N–H and O–H groups in total. The van der Waals surface area contributed by atoms with Crippen LogP contribution in [0.3, 0.4) is 0 Å². The first-order chi connectivity index (χ1) is 23.9. The molecule has 0 fully saturated rings. The van der Waals surface area contributed by atoms with E-state index in [1.807, 2.05) is 0 Å². The van der Waals surface area contributed by atoms with Gasteiger partial charge in [-0.2, -0.15) is 0 Å². The molecular formula is C51H75Cl3SiTi. The molecule has 0 amide bonds. The van der Waals surface area contributed by atoms with Crippen molar-refractivity contribution in [1.82, 2.24) is 0 Å². The fourth-order valence-electron chi connectivity index (χ4n) is 7.78. The van der Waals surface area contributed by atoms with Crippen LogP contribution in [0.5, 0.6) is 0 Å². The van der Waals surface area contributed by atoms with Crippen LogP contribution in [0.2, 0.25) is 0 Å². The Bertz CT molecular complexity index is 1610. The van der Waals surface area contributed by atoms with E-state index < -0.39 is 8.07 Å². The van der Waals surface area contributed by atoms with Gasteiger partial charge in [-0.3, -0.25) is 0 Å². The molecule has 0 aliphatic heterocycles. The maximum absolute atomic E-state index is 2.98. The Hall–Kier alpha value is -1.06. The maximum Gasteiger partial charge on any atom is -1.00 e. The molecule has 0 aromatic heterocycles. The van der Waals surface area contributed by atoms with E-state index in [4.69, 9.17) is 0 Å². The predicted molar refractivity (Wildman–Crippen MR) is 235 cm³/mol. The van der Waals surface area contributed by atoms with Crippen molar-refractivity contribution in [3.05, 3.63) is 109 Å². The van der Waals surface area contributed by atoms with Gasteiger partial charge >= 0.3 is 342 Å². The Balaban J connectivity index is 0.00000523. The summed E-state index contributed by atoms with van der Waals surface area (Å²) in [5.74, 6) is 0. The third-order valence-corrected chi connectivity index (χ3v) is 17.4. The standard InChI is InChI=1S/C51H75Si.3ClH.Ti/c1-20-21-23-35-24-22-25-45(35)52(42-29-36(46(2,3)4)26-37(30-42)47(5,6)7,43-31-38(48(8,9)10)27-39(32-43)49(11,12)13)44-33-40(50(14,15)16)28-41(34-44)51(17,18)19;;;;/h22,26-34H,20-21,23,25H2,1-19H3;3*1H;/q;;;;+3/p-3. The van der Waals surface area contributed by atoms with Gasteiger partial charge in [0.1, 0.15) is 0 Å². The molecule has 3 aromatic carbocycles. The van der Waals surface area contributed by atoms with Crippen molar-refractivity contribution in [2.45, 2.75) is 190 Å². The maximum atomic E-state index is 2.68. The molecule has 308 valence electrons. The van der Waals surface area contributed by atoms with Gasteiger partial charge in [0, 0.05) is 0 Å². The normalized spacial score (nSPS) is 14.6. The number of hydrogen-bond acceptors (Lipinski definition) is 0.